The lowest BCUT2D eigenvalue weighted by molar-refractivity contribution is -0.862. The van der Waals surface area contributed by atoms with Gasteiger partial charge in [-0.2, -0.15) is 0 Å². The Morgan fingerprint density at radius 1 is 0.880 bits per heavy atom. The van der Waals surface area contributed by atoms with Gasteiger partial charge < -0.3 is 15.5 Å². The maximum absolute atomic E-state index is 12.1. The number of quaternary nitrogens is 1. The van der Waals surface area contributed by atoms with Crippen LogP contribution in [0.2, 0.25) is 15.1 Å². The van der Waals surface area contributed by atoms with Crippen LogP contribution in [0.5, 0.6) is 0 Å². The van der Waals surface area contributed by atoms with Gasteiger partial charge in [-0.1, -0.05) is 46.9 Å². The molecule has 0 saturated carbocycles. The van der Waals surface area contributed by atoms with Crippen LogP contribution in [0, 0.1) is 0 Å². The van der Waals surface area contributed by atoms with E-state index in [0.717, 1.165) is 0 Å². The molecule has 0 radical (unpaired) electrons. The minimum absolute atomic E-state index is 0.0960. The van der Waals surface area contributed by atoms with Crippen molar-refractivity contribution in [2.75, 3.05) is 30.8 Å². The van der Waals surface area contributed by atoms with Crippen LogP contribution in [0.15, 0.2) is 42.5 Å². The number of likely N-dealkylation sites (N-methyl/N-ethyl adjacent to an activating group) is 1. The van der Waals surface area contributed by atoms with Gasteiger partial charge in [-0.3, -0.25) is 9.59 Å². The number of nitrogens with one attached hydrogen (secondary N) is 3. The van der Waals surface area contributed by atoms with Crippen LogP contribution in [0.25, 0.3) is 0 Å². The number of carbonyl (C=O) groups excluding carboxylic acids is 2. The van der Waals surface area contributed by atoms with Crippen LogP contribution >= 0.6 is 34.8 Å². The number of rotatable bonds is 6. The maximum atomic E-state index is 12.1. The fourth-order valence-corrected chi connectivity index (χ4v) is 2.68. The first-order valence-corrected chi connectivity index (χ1v) is 8.59. The average molecular weight is 402 g/mol. The summed E-state index contributed by atoms with van der Waals surface area (Å²) in [5.41, 5.74) is 0.976. The molecule has 2 aromatic carbocycles. The molecular formula is C17H17Cl3N3O2+. The average Bonchev–Trinajstić information content (AvgIpc) is 2.52. The van der Waals surface area contributed by atoms with E-state index >= 15 is 0 Å². The molecule has 2 aromatic rings. The smallest absolute Gasteiger partial charge is 0.279 e. The highest BCUT2D eigenvalue weighted by Gasteiger charge is 2.16. The predicted molar refractivity (Wildman–Crippen MR) is 102 cm³/mol. The SMILES string of the molecule is C[NH+](CC(=O)Nc1ccccc1Cl)CC(=O)Nc1cc(Cl)ccc1Cl. The zero-order valence-electron chi connectivity index (χ0n) is 13.4. The molecular weight excluding hydrogens is 385 g/mol. The number of hydrogen-bond donors (Lipinski definition) is 3. The molecule has 0 bridgehead atoms. The summed E-state index contributed by atoms with van der Waals surface area (Å²) in [7, 11) is 1.74. The Morgan fingerprint density at radius 3 is 2.08 bits per heavy atom. The molecule has 2 amide bonds. The summed E-state index contributed by atoms with van der Waals surface area (Å²) in [4.78, 5) is 24.9. The largest absolute Gasteiger partial charge is 0.322 e. The van der Waals surface area contributed by atoms with Gasteiger partial charge in [0.1, 0.15) is 0 Å². The van der Waals surface area contributed by atoms with E-state index in [4.69, 9.17) is 34.8 Å². The first kappa shape index (κ1) is 19.5. The standard InChI is InChI=1S/C17H16Cl3N3O2/c1-23(9-16(24)21-14-5-3-2-4-12(14)19)10-17(25)22-15-8-11(18)6-7-13(15)20/h2-8H,9-10H2,1H3,(H,21,24)(H,22,25)/p+1. The molecule has 5 nitrogen and oxygen atoms in total. The molecule has 2 rings (SSSR count). The van der Waals surface area contributed by atoms with Crippen LogP contribution < -0.4 is 15.5 Å². The molecule has 0 saturated heterocycles. The van der Waals surface area contributed by atoms with E-state index in [1.165, 1.54) is 0 Å². The lowest BCUT2D eigenvalue weighted by Gasteiger charge is -2.14. The maximum Gasteiger partial charge on any atom is 0.279 e. The summed E-state index contributed by atoms with van der Waals surface area (Å²) in [6.07, 6.45) is 0. The quantitative estimate of drug-likeness (QED) is 0.697. The van der Waals surface area contributed by atoms with E-state index < -0.39 is 0 Å². The van der Waals surface area contributed by atoms with Crippen molar-refractivity contribution in [2.45, 2.75) is 0 Å². The number of anilines is 2. The third-order valence-corrected chi connectivity index (χ3v) is 4.17. The first-order valence-electron chi connectivity index (χ1n) is 7.45. The molecule has 0 heterocycles. The molecule has 8 heteroatoms. The van der Waals surface area contributed by atoms with E-state index in [9.17, 15) is 9.59 Å². The second-order valence-corrected chi connectivity index (χ2v) is 6.76. The Labute approximate surface area is 160 Å². The van der Waals surface area contributed by atoms with Crippen molar-refractivity contribution < 1.29 is 14.5 Å². The van der Waals surface area contributed by atoms with Crippen molar-refractivity contribution in [2.24, 2.45) is 0 Å². The second kappa shape index (κ2) is 9.06. The molecule has 0 aliphatic rings. The topological polar surface area (TPSA) is 62.6 Å². The van der Waals surface area contributed by atoms with Crippen molar-refractivity contribution in [1.82, 2.24) is 0 Å². The van der Waals surface area contributed by atoms with Crippen molar-refractivity contribution in [3.05, 3.63) is 57.5 Å². The summed E-state index contributed by atoms with van der Waals surface area (Å²) in [5.74, 6) is -0.508. The van der Waals surface area contributed by atoms with Gasteiger partial charge in [0.05, 0.1) is 28.5 Å². The summed E-state index contributed by atoms with van der Waals surface area (Å²) >= 11 is 17.9. The highest BCUT2D eigenvalue weighted by molar-refractivity contribution is 6.35. The summed E-state index contributed by atoms with van der Waals surface area (Å²) in [5, 5.41) is 6.73. The van der Waals surface area contributed by atoms with Gasteiger partial charge in [0, 0.05) is 5.02 Å². The number of carbonyl (C=O) groups is 2. The Kier molecular flexibility index (Phi) is 7.08. The minimum Gasteiger partial charge on any atom is -0.322 e. The van der Waals surface area contributed by atoms with E-state index in [1.807, 2.05) is 0 Å². The van der Waals surface area contributed by atoms with Gasteiger partial charge in [0.15, 0.2) is 13.1 Å². The molecule has 132 valence electrons. The van der Waals surface area contributed by atoms with E-state index in [-0.39, 0.29) is 24.9 Å². The Bertz CT molecular complexity index is 783. The number of amides is 2. The normalized spacial score (nSPS) is 11.7. The molecule has 0 aliphatic carbocycles. The van der Waals surface area contributed by atoms with Gasteiger partial charge in [-0.05, 0) is 30.3 Å². The van der Waals surface area contributed by atoms with Crippen molar-refractivity contribution in [3.63, 3.8) is 0 Å². The monoisotopic (exact) mass is 400 g/mol. The number of benzene rings is 2. The summed E-state index contributed by atoms with van der Waals surface area (Å²) < 4.78 is 0. The van der Waals surface area contributed by atoms with Crippen LogP contribution in [-0.4, -0.2) is 32.0 Å². The van der Waals surface area contributed by atoms with Crippen molar-refractivity contribution >= 4 is 58.0 Å². The summed E-state index contributed by atoms with van der Waals surface area (Å²) in [6.45, 7) is 0.209. The Balaban J connectivity index is 1.85. The van der Waals surface area contributed by atoms with Crippen molar-refractivity contribution in [3.8, 4) is 0 Å². The third-order valence-electron chi connectivity index (χ3n) is 3.28. The predicted octanol–water partition coefficient (Wildman–Crippen LogP) is 2.74. The lowest BCUT2D eigenvalue weighted by atomic mass is 10.3. The molecule has 0 fully saturated rings. The van der Waals surface area contributed by atoms with Gasteiger partial charge in [-0.25, -0.2) is 0 Å². The number of hydrogen-bond acceptors (Lipinski definition) is 2. The highest BCUT2D eigenvalue weighted by Crippen LogP contribution is 2.25. The second-order valence-electron chi connectivity index (χ2n) is 5.51. The molecule has 1 unspecified atom stereocenters. The van der Waals surface area contributed by atoms with Gasteiger partial charge in [0.2, 0.25) is 0 Å². The van der Waals surface area contributed by atoms with Crippen LogP contribution in [0.3, 0.4) is 0 Å². The fraction of sp³-hybridized carbons (Fsp3) is 0.176. The number of para-hydroxylation sites is 1. The molecule has 3 N–H and O–H groups in total. The molecule has 0 aromatic heterocycles. The van der Waals surface area contributed by atoms with E-state index in [0.29, 0.717) is 31.3 Å². The van der Waals surface area contributed by atoms with Gasteiger partial charge in [-0.15, -0.1) is 0 Å². The van der Waals surface area contributed by atoms with Gasteiger partial charge >= 0.3 is 0 Å². The van der Waals surface area contributed by atoms with Crippen molar-refractivity contribution in [1.29, 1.82) is 0 Å². The molecule has 1 atom stereocenters. The van der Waals surface area contributed by atoms with E-state index in [2.05, 4.69) is 10.6 Å². The van der Waals surface area contributed by atoms with Crippen LogP contribution in [0.1, 0.15) is 0 Å². The first-order chi connectivity index (χ1) is 11.8. The zero-order valence-corrected chi connectivity index (χ0v) is 15.7. The third kappa shape index (κ3) is 6.21. The van der Waals surface area contributed by atoms with E-state index in [1.54, 1.807) is 49.5 Å². The fourth-order valence-electron chi connectivity index (χ4n) is 2.16. The van der Waals surface area contributed by atoms with Gasteiger partial charge in [0.25, 0.3) is 11.8 Å². The Hall–Kier alpha value is -1.79. The number of halogens is 3. The molecule has 0 spiro atoms. The minimum atomic E-state index is -0.271. The Morgan fingerprint density at radius 2 is 1.44 bits per heavy atom. The van der Waals surface area contributed by atoms with Crippen LogP contribution in [0.4, 0.5) is 11.4 Å². The molecule has 0 aliphatic heterocycles. The van der Waals surface area contributed by atoms with Crippen LogP contribution in [-0.2, 0) is 9.59 Å². The lowest BCUT2D eigenvalue weighted by Crippen LogP contribution is -3.11. The zero-order chi connectivity index (χ0) is 18.4. The molecule has 25 heavy (non-hydrogen) atoms. The highest BCUT2D eigenvalue weighted by atomic mass is 35.5. The summed E-state index contributed by atoms with van der Waals surface area (Å²) in [6, 6.07) is 11.8.